The molecule has 3 aliphatic heterocycles. The van der Waals surface area contributed by atoms with E-state index in [1.807, 2.05) is 89.8 Å². The smallest absolute Gasteiger partial charge is 0.329 e. The molecule has 1 aromatic heterocycles. The largest absolute Gasteiger partial charge is 0.491 e. The predicted octanol–water partition coefficient (Wildman–Crippen LogP) is 8.32. The van der Waals surface area contributed by atoms with E-state index < -0.39 is 82.9 Å². The fourth-order valence-corrected chi connectivity index (χ4v) is 12.4. The van der Waals surface area contributed by atoms with Gasteiger partial charge in [-0.3, -0.25) is 19.3 Å². The summed E-state index contributed by atoms with van der Waals surface area (Å²) >= 11 is 1.22. The van der Waals surface area contributed by atoms with Gasteiger partial charge in [0.15, 0.2) is 5.13 Å². The van der Waals surface area contributed by atoms with Crippen LogP contribution in [0.1, 0.15) is 98.4 Å². The number of methoxy groups -OCH3 is 1. The number of carbonyl (C=O) groups excluding carboxylic acids is 5. The third-order valence-corrected chi connectivity index (χ3v) is 15.8. The van der Waals surface area contributed by atoms with Crippen molar-refractivity contribution in [1.29, 1.82) is 0 Å². The van der Waals surface area contributed by atoms with Crippen molar-refractivity contribution in [2.75, 3.05) is 30.5 Å². The summed E-state index contributed by atoms with van der Waals surface area (Å²) in [7, 11) is 1.21. The Morgan fingerprint density at radius 3 is 2.23 bits per heavy atom. The summed E-state index contributed by atoms with van der Waals surface area (Å²) in [6.45, 7) is 2.95. The van der Waals surface area contributed by atoms with Crippen molar-refractivity contribution in [3.8, 4) is 17.6 Å². The molecule has 0 bridgehead atoms. The maximum absolute atomic E-state index is 16.9. The molecule has 16 heteroatoms. The molecular formula is C58H57N5O10S. The second-order valence-electron chi connectivity index (χ2n) is 19.6. The number of rotatable bonds is 11. The van der Waals surface area contributed by atoms with E-state index >= 15 is 19.2 Å². The summed E-state index contributed by atoms with van der Waals surface area (Å²) in [5.41, 5.74) is -0.593. The second kappa shape index (κ2) is 20.8. The molecule has 0 unspecified atom stereocenters. The van der Waals surface area contributed by atoms with Crippen LogP contribution in [0.25, 0.3) is 10.2 Å². The lowest BCUT2D eigenvalue weighted by Gasteiger charge is -2.46. The number of fused-ring (bicyclic) bond motifs is 4. The van der Waals surface area contributed by atoms with Gasteiger partial charge < -0.3 is 35.1 Å². The van der Waals surface area contributed by atoms with Gasteiger partial charge in [0.2, 0.25) is 11.8 Å². The average molecular weight is 1020 g/mol. The molecule has 5 aromatic carbocycles. The minimum atomic E-state index is -2.23. The van der Waals surface area contributed by atoms with E-state index in [2.05, 4.69) is 22.5 Å². The van der Waals surface area contributed by atoms with Crippen LogP contribution in [0.15, 0.2) is 127 Å². The number of anilines is 2. The predicted molar refractivity (Wildman–Crippen MR) is 278 cm³/mol. The summed E-state index contributed by atoms with van der Waals surface area (Å²) in [5, 5.41) is 28.0. The summed E-state index contributed by atoms with van der Waals surface area (Å²) in [6.07, 6.45) is 3.48. The molecule has 10 rings (SSSR count). The fourth-order valence-electron chi connectivity index (χ4n) is 11.5. The number of hydrogen-bond donors (Lipinski definition) is 4. The van der Waals surface area contributed by atoms with E-state index in [4.69, 9.17) is 19.2 Å². The highest BCUT2D eigenvalue weighted by Crippen LogP contribution is 2.67. The monoisotopic (exact) mass is 1020 g/mol. The number of aromatic nitrogens is 1. The number of imide groups is 1. The number of carbonyl (C=O) groups is 5. The highest BCUT2D eigenvalue weighted by molar-refractivity contribution is 7.22. The zero-order valence-electron chi connectivity index (χ0n) is 41.2. The van der Waals surface area contributed by atoms with E-state index in [0.717, 1.165) is 35.3 Å². The Bertz CT molecular complexity index is 3130. The van der Waals surface area contributed by atoms with Gasteiger partial charge in [-0.15, -0.1) is 0 Å². The average Bonchev–Trinajstić information content (AvgIpc) is 3.98. The maximum atomic E-state index is 16.9. The molecule has 6 aromatic rings. The van der Waals surface area contributed by atoms with Crippen molar-refractivity contribution in [2.24, 2.45) is 11.8 Å². The highest BCUT2D eigenvalue weighted by atomic mass is 32.1. The molecule has 15 nitrogen and oxygen atoms in total. The molecular weight excluding hydrogens is 959 g/mol. The number of nitrogens with one attached hydrogen (secondary N) is 2. The molecule has 4 N–H and O–H groups in total. The minimum absolute atomic E-state index is 0.0687. The number of cyclic esters (lactones) is 1. The Labute approximate surface area is 432 Å². The summed E-state index contributed by atoms with van der Waals surface area (Å²) < 4.78 is 18.9. The number of thiazole rings is 1. The van der Waals surface area contributed by atoms with Crippen LogP contribution in [0.3, 0.4) is 0 Å². The molecule has 0 radical (unpaired) electrons. The van der Waals surface area contributed by atoms with Gasteiger partial charge in [0, 0.05) is 11.1 Å². The number of amides is 4. The van der Waals surface area contributed by atoms with Crippen LogP contribution in [0, 0.1) is 23.7 Å². The molecule has 2 saturated heterocycles. The highest BCUT2D eigenvalue weighted by Gasteiger charge is 2.76. The number of morpholine rings is 1. The van der Waals surface area contributed by atoms with Crippen molar-refractivity contribution >= 4 is 62.2 Å². The number of para-hydroxylation sites is 2. The van der Waals surface area contributed by atoms with E-state index in [0.29, 0.717) is 40.6 Å². The summed E-state index contributed by atoms with van der Waals surface area (Å²) in [5.74, 6) is 1.23. The van der Waals surface area contributed by atoms with Crippen LogP contribution < -0.4 is 20.3 Å². The molecule has 1 saturated carbocycles. The van der Waals surface area contributed by atoms with Crippen molar-refractivity contribution in [3.05, 3.63) is 155 Å². The molecule has 74 heavy (non-hydrogen) atoms. The van der Waals surface area contributed by atoms with E-state index in [9.17, 15) is 15.0 Å². The Kier molecular flexibility index (Phi) is 14.1. The van der Waals surface area contributed by atoms with Crippen LogP contribution in [0.5, 0.6) is 5.75 Å². The molecule has 1 spiro atoms. The lowest BCUT2D eigenvalue weighted by molar-refractivity contribution is -0.178. The van der Waals surface area contributed by atoms with Crippen LogP contribution in [0.2, 0.25) is 0 Å². The SMILES string of the molecule is COC(=O)[C@@H](NC(=O)N1C(=O)[C@@]2(c3cc(C#CC4(O)CCCCCC4)ccc31)[C@H](c1ccccc1OCCO)N1[C@H](c3ccccc3)[C@H](c3ccccc3)OC(=O)[C@H]1[C@@H]2C(=O)Nc1nc2ccccc2s1)C(C)C. The van der Waals surface area contributed by atoms with Gasteiger partial charge in [-0.25, -0.2) is 19.5 Å². The zero-order chi connectivity index (χ0) is 51.7. The van der Waals surface area contributed by atoms with E-state index in [-0.39, 0.29) is 35.3 Å². The number of aliphatic hydroxyl groups excluding tert-OH is 1. The number of nitrogens with zero attached hydrogens (tertiary/aromatic N) is 3. The van der Waals surface area contributed by atoms with Gasteiger partial charge in [0.25, 0.3) is 0 Å². The van der Waals surface area contributed by atoms with E-state index in [1.54, 1.807) is 56.3 Å². The fraction of sp³-hybridized carbons (Fsp3) is 0.345. The van der Waals surface area contributed by atoms with Crippen molar-refractivity contribution in [3.63, 3.8) is 0 Å². The van der Waals surface area contributed by atoms with Crippen LogP contribution >= 0.6 is 11.3 Å². The third-order valence-electron chi connectivity index (χ3n) is 14.8. The zero-order valence-corrected chi connectivity index (χ0v) is 42.0. The van der Waals surface area contributed by atoms with Crippen molar-refractivity contribution in [1.82, 2.24) is 15.2 Å². The number of esters is 2. The lowest BCUT2D eigenvalue weighted by Crippen LogP contribution is -2.57. The molecule has 380 valence electrons. The Hall–Kier alpha value is -7.42. The van der Waals surface area contributed by atoms with Gasteiger partial charge in [-0.05, 0) is 84.7 Å². The first kappa shape index (κ1) is 50.1. The van der Waals surface area contributed by atoms with Gasteiger partial charge in [-0.1, -0.05) is 141 Å². The summed E-state index contributed by atoms with van der Waals surface area (Å²) in [6, 6.07) is 31.9. The molecule has 7 atom stereocenters. The first-order valence-electron chi connectivity index (χ1n) is 25.1. The number of hydrogen-bond acceptors (Lipinski definition) is 13. The molecule has 3 fully saturated rings. The number of urea groups is 1. The Morgan fingerprint density at radius 2 is 1.54 bits per heavy atom. The van der Waals surface area contributed by atoms with E-state index in [1.165, 1.54) is 18.4 Å². The van der Waals surface area contributed by atoms with Crippen molar-refractivity contribution < 1.29 is 48.4 Å². The molecule has 4 heterocycles. The maximum Gasteiger partial charge on any atom is 0.329 e. The first-order valence-corrected chi connectivity index (χ1v) is 25.9. The standard InChI is InChI=1S/C58H57N5O10S/c1-35(2)46(52(66)71-3)60-56(69)62-42-27-26-36(28-31-57(70)29-16-4-5-17-30-57)34-40(42)58(54(62)68)45(51(65)61-55-59-41-23-13-15-25-44(41)74-55)48-53(67)73-49(38-20-10-7-11-21-38)47(37-18-8-6-9-19-37)63(48)50(58)39-22-12-14-24-43(39)72-33-32-64/h6-15,18-27,34-35,45-50,64,70H,4-5,16-17,29-30,32-33H2,1-3H3,(H,60,69)(H,59,61,65)/t45-,46+,47-,48-,49+,50+,58-/m1/s1. The molecule has 4 amide bonds. The quantitative estimate of drug-likeness (QED) is 0.0551. The number of ether oxygens (including phenoxy) is 3. The Balaban J connectivity index is 1.29. The van der Waals surface area contributed by atoms with Crippen LogP contribution in [-0.4, -0.2) is 87.9 Å². The summed E-state index contributed by atoms with van der Waals surface area (Å²) in [4.78, 5) is 84.9. The van der Waals surface area contributed by atoms with Gasteiger partial charge in [-0.2, -0.15) is 0 Å². The van der Waals surface area contributed by atoms with Crippen LogP contribution in [0.4, 0.5) is 15.6 Å². The van der Waals surface area contributed by atoms with Gasteiger partial charge in [0.05, 0.1) is 47.6 Å². The molecule has 1 aliphatic carbocycles. The second-order valence-corrected chi connectivity index (χ2v) is 20.6. The minimum Gasteiger partial charge on any atom is -0.491 e. The van der Waals surface area contributed by atoms with Crippen molar-refractivity contribution in [2.45, 2.75) is 93.7 Å². The third kappa shape index (κ3) is 8.97. The number of aliphatic hydroxyl groups is 2. The lowest BCUT2D eigenvalue weighted by atomic mass is 9.65. The van der Waals surface area contributed by atoms with Gasteiger partial charge in [0.1, 0.15) is 41.6 Å². The van der Waals surface area contributed by atoms with Gasteiger partial charge >= 0.3 is 18.0 Å². The number of benzene rings is 5. The van der Waals surface area contributed by atoms with Crippen LogP contribution in [-0.2, 0) is 34.1 Å². The normalized spacial score (nSPS) is 23.5. The first-order chi connectivity index (χ1) is 35.9. The molecule has 4 aliphatic rings. The topological polar surface area (TPSA) is 197 Å². The Morgan fingerprint density at radius 1 is 0.865 bits per heavy atom.